The van der Waals surface area contributed by atoms with Crippen molar-refractivity contribution in [3.63, 3.8) is 0 Å². The van der Waals surface area contributed by atoms with E-state index in [0.29, 0.717) is 0 Å². The molecule has 1 nitrogen and oxygen atoms in total. The lowest BCUT2D eigenvalue weighted by atomic mass is 10.2. The van der Waals surface area contributed by atoms with Crippen molar-refractivity contribution in [3.05, 3.63) is 12.2 Å². The first-order valence-corrected chi connectivity index (χ1v) is 5.90. The highest BCUT2D eigenvalue weighted by Gasteiger charge is 1.98. The molecule has 0 radical (unpaired) electrons. The average molecular weight is 187 g/mol. The standard InChI is InChI=1S/C10H21NS/c1-9(2)5-6-11-7-10(3)8-12-4/h10-11H,1,5-8H2,2-4H3. The molecule has 0 amide bonds. The number of rotatable bonds is 7. The Morgan fingerprint density at radius 2 is 2.25 bits per heavy atom. The van der Waals surface area contributed by atoms with Gasteiger partial charge in [0, 0.05) is 0 Å². The first kappa shape index (κ1) is 12.0. The molecule has 0 bridgehead atoms. The molecular formula is C10H21NS. The van der Waals surface area contributed by atoms with Crippen molar-refractivity contribution in [2.24, 2.45) is 5.92 Å². The highest BCUT2D eigenvalue weighted by molar-refractivity contribution is 7.98. The molecule has 0 saturated heterocycles. The van der Waals surface area contributed by atoms with Gasteiger partial charge in [-0.1, -0.05) is 12.5 Å². The van der Waals surface area contributed by atoms with Gasteiger partial charge in [0.05, 0.1) is 0 Å². The minimum atomic E-state index is 0.783. The summed E-state index contributed by atoms with van der Waals surface area (Å²) in [5.74, 6) is 2.03. The van der Waals surface area contributed by atoms with Crippen molar-refractivity contribution < 1.29 is 0 Å². The highest BCUT2D eigenvalue weighted by atomic mass is 32.2. The number of thioether (sulfide) groups is 1. The quantitative estimate of drug-likeness (QED) is 0.485. The molecule has 72 valence electrons. The van der Waals surface area contributed by atoms with Crippen molar-refractivity contribution >= 4 is 11.8 Å². The molecule has 0 fully saturated rings. The summed E-state index contributed by atoms with van der Waals surface area (Å²) in [6, 6.07) is 0. The second kappa shape index (κ2) is 7.69. The summed E-state index contributed by atoms with van der Waals surface area (Å²) in [6.45, 7) is 10.4. The maximum absolute atomic E-state index is 3.86. The fourth-order valence-corrected chi connectivity index (χ4v) is 1.68. The Labute approximate surface area is 81.0 Å². The molecule has 12 heavy (non-hydrogen) atoms. The molecule has 1 unspecified atom stereocenters. The van der Waals surface area contributed by atoms with Gasteiger partial charge in [-0.2, -0.15) is 11.8 Å². The second-order valence-electron chi connectivity index (χ2n) is 3.47. The lowest BCUT2D eigenvalue weighted by Gasteiger charge is -2.10. The van der Waals surface area contributed by atoms with Gasteiger partial charge < -0.3 is 5.32 Å². The molecule has 0 aromatic heterocycles. The molecule has 1 N–H and O–H groups in total. The Kier molecular flexibility index (Phi) is 7.72. The molecule has 2 heteroatoms. The van der Waals surface area contributed by atoms with E-state index in [1.165, 1.54) is 11.3 Å². The van der Waals surface area contributed by atoms with Crippen LogP contribution >= 0.6 is 11.8 Å². The summed E-state index contributed by atoms with van der Waals surface area (Å²) in [5, 5.41) is 3.43. The van der Waals surface area contributed by atoms with Gasteiger partial charge in [0.2, 0.25) is 0 Å². The van der Waals surface area contributed by atoms with Crippen LogP contribution in [0.2, 0.25) is 0 Å². The number of hydrogen-bond donors (Lipinski definition) is 1. The first-order valence-electron chi connectivity index (χ1n) is 4.50. The molecule has 1 atom stereocenters. The molecule has 0 heterocycles. The van der Waals surface area contributed by atoms with Gasteiger partial charge in [0.25, 0.3) is 0 Å². The number of hydrogen-bond acceptors (Lipinski definition) is 2. The van der Waals surface area contributed by atoms with E-state index in [0.717, 1.165) is 25.4 Å². The van der Waals surface area contributed by atoms with Crippen LogP contribution in [-0.4, -0.2) is 25.1 Å². The first-order chi connectivity index (χ1) is 5.66. The van der Waals surface area contributed by atoms with E-state index < -0.39 is 0 Å². The zero-order valence-corrected chi connectivity index (χ0v) is 9.34. The summed E-state index contributed by atoms with van der Waals surface area (Å²) in [7, 11) is 0. The van der Waals surface area contributed by atoms with Gasteiger partial charge in [-0.15, -0.1) is 6.58 Å². The Morgan fingerprint density at radius 3 is 2.75 bits per heavy atom. The van der Waals surface area contributed by atoms with Crippen molar-refractivity contribution in [2.75, 3.05) is 25.1 Å². The molecular weight excluding hydrogens is 166 g/mol. The lowest BCUT2D eigenvalue weighted by molar-refractivity contribution is 0.561. The Morgan fingerprint density at radius 1 is 1.58 bits per heavy atom. The van der Waals surface area contributed by atoms with E-state index >= 15 is 0 Å². The maximum Gasteiger partial charge on any atom is -0.00117 e. The zero-order valence-electron chi connectivity index (χ0n) is 8.52. The van der Waals surface area contributed by atoms with Crippen LogP contribution in [-0.2, 0) is 0 Å². The van der Waals surface area contributed by atoms with Gasteiger partial charge in [0.1, 0.15) is 0 Å². The summed E-state index contributed by atoms with van der Waals surface area (Å²) < 4.78 is 0. The monoisotopic (exact) mass is 187 g/mol. The normalized spacial score (nSPS) is 12.9. The van der Waals surface area contributed by atoms with E-state index in [9.17, 15) is 0 Å². The van der Waals surface area contributed by atoms with E-state index in [1.54, 1.807) is 0 Å². The average Bonchev–Trinajstić information content (AvgIpc) is 1.98. The van der Waals surface area contributed by atoms with Gasteiger partial charge >= 0.3 is 0 Å². The molecule has 0 saturated carbocycles. The fraction of sp³-hybridized carbons (Fsp3) is 0.800. The van der Waals surface area contributed by atoms with E-state index in [2.05, 4.69) is 32.0 Å². The molecule has 0 aromatic rings. The fourth-order valence-electron chi connectivity index (χ4n) is 0.994. The maximum atomic E-state index is 3.86. The molecule has 0 spiro atoms. The molecule has 0 aliphatic carbocycles. The third kappa shape index (κ3) is 8.15. The SMILES string of the molecule is C=C(C)CCNCC(C)CSC. The summed E-state index contributed by atoms with van der Waals surface area (Å²) in [5.41, 5.74) is 1.26. The van der Waals surface area contributed by atoms with Crippen LogP contribution in [0.4, 0.5) is 0 Å². The van der Waals surface area contributed by atoms with Crippen LogP contribution in [0, 0.1) is 5.92 Å². The van der Waals surface area contributed by atoms with Crippen molar-refractivity contribution in [2.45, 2.75) is 20.3 Å². The van der Waals surface area contributed by atoms with Crippen LogP contribution in [0.1, 0.15) is 20.3 Å². The van der Waals surface area contributed by atoms with Crippen LogP contribution < -0.4 is 5.32 Å². The molecule has 0 aliphatic heterocycles. The van der Waals surface area contributed by atoms with Crippen LogP contribution in [0.3, 0.4) is 0 Å². The smallest absolute Gasteiger partial charge is 0.00117 e. The third-order valence-corrected chi connectivity index (χ3v) is 2.57. The van der Waals surface area contributed by atoms with Gasteiger partial charge in [-0.05, 0) is 44.4 Å². The number of nitrogens with one attached hydrogen (secondary N) is 1. The minimum Gasteiger partial charge on any atom is -0.316 e. The van der Waals surface area contributed by atoms with Crippen molar-refractivity contribution in [1.82, 2.24) is 5.32 Å². The van der Waals surface area contributed by atoms with Crippen LogP contribution in [0.25, 0.3) is 0 Å². The lowest BCUT2D eigenvalue weighted by Crippen LogP contribution is -2.23. The molecule has 0 aliphatic rings. The van der Waals surface area contributed by atoms with Crippen LogP contribution in [0.5, 0.6) is 0 Å². The predicted molar refractivity (Wildman–Crippen MR) is 59.8 cm³/mol. The summed E-state index contributed by atoms with van der Waals surface area (Å²) >= 11 is 1.92. The van der Waals surface area contributed by atoms with E-state index in [4.69, 9.17) is 0 Å². The molecule has 0 aromatic carbocycles. The highest BCUT2D eigenvalue weighted by Crippen LogP contribution is 2.02. The topological polar surface area (TPSA) is 12.0 Å². The minimum absolute atomic E-state index is 0.783. The van der Waals surface area contributed by atoms with Crippen molar-refractivity contribution in [1.29, 1.82) is 0 Å². The summed E-state index contributed by atoms with van der Waals surface area (Å²) in [6.07, 6.45) is 3.26. The predicted octanol–water partition coefficient (Wildman–Crippen LogP) is 2.54. The largest absolute Gasteiger partial charge is 0.316 e. The van der Waals surface area contributed by atoms with Gasteiger partial charge in [-0.25, -0.2) is 0 Å². The van der Waals surface area contributed by atoms with Gasteiger partial charge in [-0.3, -0.25) is 0 Å². The Balaban J connectivity index is 3.13. The Bertz CT molecular complexity index is 123. The van der Waals surface area contributed by atoms with Crippen molar-refractivity contribution in [3.8, 4) is 0 Å². The Hall–Kier alpha value is 0.0500. The third-order valence-electron chi connectivity index (χ3n) is 1.67. The molecule has 0 rings (SSSR count). The van der Waals surface area contributed by atoms with E-state index in [1.807, 2.05) is 11.8 Å². The summed E-state index contributed by atoms with van der Waals surface area (Å²) in [4.78, 5) is 0. The second-order valence-corrected chi connectivity index (χ2v) is 4.38. The zero-order chi connectivity index (χ0) is 9.40. The van der Waals surface area contributed by atoms with Gasteiger partial charge in [0.15, 0.2) is 0 Å². The van der Waals surface area contributed by atoms with E-state index in [-0.39, 0.29) is 0 Å². The van der Waals surface area contributed by atoms with Crippen LogP contribution in [0.15, 0.2) is 12.2 Å².